The maximum Gasteiger partial charge on any atom is 0.242 e. The van der Waals surface area contributed by atoms with Gasteiger partial charge in [0, 0.05) is 31.7 Å². The average molecular weight is 368 g/mol. The number of nitrogens with one attached hydrogen (secondary N) is 2. The van der Waals surface area contributed by atoms with Gasteiger partial charge >= 0.3 is 0 Å². The van der Waals surface area contributed by atoms with Gasteiger partial charge in [-0.2, -0.15) is 0 Å². The zero-order chi connectivity index (χ0) is 18.4. The second kappa shape index (κ2) is 6.61. The van der Waals surface area contributed by atoms with E-state index in [1.807, 2.05) is 29.6 Å². The number of carbonyl (C=O) groups excluding carboxylic acids is 1. The van der Waals surface area contributed by atoms with Crippen molar-refractivity contribution in [3.8, 4) is 0 Å². The second-order valence-corrected chi connectivity index (χ2v) is 7.58. The molecule has 8 heteroatoms. The van der Waals surface area contributed by atoms with Crippen LogP contribution in [0.15, 0.2) is 24.7 Å². The van der Waals surface area contributed by atoms with E-state index in [9.17, 15) is 4.79 Å². The molecular formula is C19H24N6O2. The van der Waals surface area contributed by atoms with Crippen molar-refractivity contribution in [1.82, 2.24) is 29.6 Å². The Bertz CT molecular complexity index is 973. The Kier molecular flexibility index (Phi) is 4.09. The van der Waals surface area contributed by atoms with Crippen molar-refractivity contribution >= 4 is 22.6 Å². The van der Waals surface area contributed by atoms with Gasteiger partial charge in [0.1, 0.15) is 11.9 Å². The molecule has 3 unspecified atom stereocenters. The molecule has 0 aromatic carbocycles. The van der Waals surface area contributed by atoms with Gasteiger partial charge in [0.2, 0.25) is 5.91 Å². The summed E-state index contributed by atoms with van der Waals surface area (Å²) in [4.78, 5) is 27.3. The van der Waals surface area contributed by atoms with Crippen molar-refractivity contribution < 1.29 is 9.53 Å². The standard InChI is InChI=1S/C19H24N6O2/c1-12-3-6-24(19(26)15-11-27-7-5-20-15)10-14(12)18-23-9-13-8-22-17-16(25(13)18)2-4-21-17/h2,4,8-9,12,14-15,20-21H,3,5-7,10-11H2,1H3. The topological polar surface area (TPSA) is 87.5 Å². The Morgan fingerprint density at radius 1 is 1.33 bits per heavy atom. The predicted octanol–water partition coefficient (Wildman–Crippen LogP) is 1.15. The molecule has 5 heterocycles. The number of H-pyrrole nitrogens is 1. The highest BCUT2D eigenvalue weighted by Crippen LogP contribution is 2.33. The number of rotatable bonds is 2. The highest BCUT2D eigenvalue weighted by Gasteiger charge is 2.35. The van der Waals surface area contributed by atoms with Gasteiger partial charge in [0.25, 0.3) is 0 Å². The van der Waals surface area contributed by atoms with Crippen molar-refractivity contribution in [2.75, 3.05) is 32.8 Å². The molecule has 2 saturated heterocycles. The molecular weight excluding hydrogens is 344 g/mol. The number of hydrogen-bond acceptors (Lipinski definition) is 5. The lowest BCUT2D eigenvalue weighted by Crippen LogP contribution is -2.55. The van der Waals surface area contributed by atoms with Crippen LogP contribution in [0, 0.1) is 5.92 Å². The van der Waals surface area contributed by atoms with E-state index in [2.05, 4.69) is 26.6 Å². The number of piperidine rings is 1. The fourth-order valence-corrected chi connectivity index (χ4v) is 4.31. The quantitative estimate of drug-likeness (QED) is 0.709. The number of nitrogens with zero attached hydrogens (tertiary/aromatic N) is 4. The maximum atomic E-state index is 13.0. The third-order valence-electron chi connectivity index (χ3n) is 5.91. The van der Waals surface area contributed by atoms with Gasteiger partial charge in [0.15, 0.2) is 5.65 Å². The van der Waals surface area contributed by atoms with Crippen molar-refractivity contribution in [1.29, 1.82) is 0 Å². The summed E-state index contributed by atoms with van der Waals surface area (Å²) < 4.78 is 7.65. The molecule has 2 N–H and O–H groups in total. The van der Waals surface area contributed by atoms with E-state index in [1.54, 1.807) is 0 Å². The lowest BCUT2D eigenvalue weighted by atomic mass is 9.86. The lowest BCUT2D eigenvalue weighted by molar-refractivity contribution is -0.138. The number of carbonyl (C=O) groups is 1. The Labute approximate surface area is 156 Å². The largest absolute Gasteiger partial charge is 0.378 e. The molecule has 27 heavy (non-hydrogen) atoms. The minimum Gasteiger partial charge on any atom is -0.378 e. The molecule has 3 atom stereocenters. The van der Waals surface area contributed by atoms with Crippen LogP contribution in [0.2, 0.25) is 0 Å². The molecule has 0 radical (unpaired) electrons. The third kappa shape index (κ3) is 2.80. The van der Waals surface area contributed by atoms with Crippen LogP contribution in [0.1, 0.15) is 25.1 Å². The molecule has 5 rings (SSSR count). The molecule has 0 bridgehead atoms. The summed E-state index contributed by atoms with van der Waals surface area (Å²) in [6.45, 7) is 5.59. The number of morpholine rings is 1. The lowest BCUT2D eigenvalue weighted by Gasteiger charge is -2.38. The molecule has 2 aliphatic rings. The molecule has 0 spiro atoms. The van der Waals surface area contributed by atoms with E-state index >= 15 is 0 Å². The molecule has 0 saturated carbocycles. The Hall–Kier alpha value is -2.45. The summed E-state index contributed by atoms with van der Waals surface area (Å²) in [5, 5.41) is 3.28. The van der Waals surface area contributed by atoms with Crippen LogP contribution in [-0.4, -0.2) is 69.0 Å². The summed E-state index contributed by atoms with van der Waals surface area (Å²) in [6, 6.07) is 1.80. The molecule has 142 valence electrons. The SMILES string of the molecule is CC1CCN(C(=O)C2COCCN2)CC1c1ncc2cnc3[nH]ccc3n12. The summed E-state index contributed by atoms with van der Waals surface area (Å²) >= 11 is 0. The van der Waals surface area contributed by atoms with Gasteiger partial charge in [-0.25, -0.2) is 9.97 Å². The number of fused-ring (bicyclic) bond motifs is 3. The monoisotopic (exact) mass is 368 g/mol. The number of imidazole rings is 1. The fourth-order valence-electron chi connectivity index (χ4n) is 4.31. The summed E-state index contributed by atoms with van der Waals surface area (Å²) in [5.74, 6) is 1.79. The summed E-state index contributed by atoms with van der Waals surface area (Å²) in [5.41, 5.74) is 2.86. The number of likely N-dealkylation sites (tertiary alicyclic amines) is 1. The second-order valence-electron chi connectivity index (χ2n) is 7.58. The molecule has 2 aliphatic heterocycles. The summed E-state index contributed by atoms with van der Waals surface area (Å²) in [7, 11) is 0. The average Bonchev–Trinajstić information content (AvgIpc) is 3.35. The zero-order valence-corrected chi connectivity index (χ0v) is 15.4. The van der Waals surface area contributed by atoms with E-state index in [4.69, 9.17) is 9.72 Å². The van der Waals surface area contributed by atoms with E-state index in [-0.39, 0.29) is 17.9 Å². The van der Waals surface area contributed by atoms with Gasteiger partial charge in [0.05, 0.1) is 36.6 Å². The Morgan fingerprint density at radius 2 is 2.22 bits per heavy atom. The Morgan fingerprint density at radius 3 is 3.07 bits per heavy atom. The van der Waals surface area contributed by atoms with Crippen LogP contribution in [0.5, 0.6) is 0 Å². The number of aromatic amines is 1. The van der Waals surface area contributed by atoms with Gasteiger partial charge in [-0.1, -0.05) is 6.92 Å². The normalized spacial score (nSPS) is 26.7. The molecule has 3 aromatic heterocycles. The third-order valence-corrected chi connectivity index (χ3v) is 5.91. The fraction of sp³-hybridized carbons (Fsp3) is 0.526. The van der Waals surface area contributed by atoms with Gasteiger partial charge in [-0.05, 0) is 18.4 Å². The summed E-state index contributed by atoms with van der Waals surface area (Å²) in [6.07, 6.45) is 6.59. The van der Waals surface area contributed by atoms with Crippen LogP contribution >= 0.6 is 0 Å². The first-order valence-corrected chi connectivity index (χ1v) is 9.62. The minimum absolute atomic E-state index is 0.140. The van der Waals surface area contributed by atoms with Crippen LogP contribution in [0.3, 0.4) is 0 Å². The predicted molar refractivity (Wildman–Crippen MR) is 101 cm³/mol. The van der Waals surface area contributed by atoms with Crippen molar-refractivity contribution in [2.45, 2.75) is 25.3 Å². The number of amides is 1. The van der Waals surface area contributed by atoms with Crippen molar-refractivity contribution in [2.24, 2.45) is 5.92 Å². The molecule has 1 amide bonds. The first-order valence-electron chi connectivity index (χ1n) is 9.62. The highest BCUT2D eigenvalue weighted by molar-refractivity contribution is 5.82. The van der Waals surface area contributed by atoms with Gasteiger partial charge in [-0.15, -0.1) is 0 Å². The number of hydrogen-bond donors (Lipinski definition) is 2. The minimum atomic E-state index is -0.231. The molecule has 3 aromatic rings. The van der Waals surface area contributed by atoms with E-state index in [1.165, 1.54) is 0 Å². The molecule has 2 fully saturated rings. The Balaban J connectivity index is 1.47. The van der Waals surface area contributed by atoms with E-state index < -0.39 is 0 Å². The van der Waals surface area contributed by atoms with Crippen molar-refractivity contribution in [3.05, 3.63) is 30.5 Å². The number of aromatic nitrogens is 4. The highest BCUT2D eigenvalue weighted by atomic mass is 16.5. The van der Waals surface area contributed by atoms with Gasteiger partial charge in [-0.3, -0.25) is 9.20 Å². The zero-order valence-electron chi connectivity index (χ0n) is 15.4. The van der Waals surface area contributed by atoms with E-state index in [0.717, 1.165) is 42.0 Å². The van der Waals surface area contributed by atoms with Crippen LogP contribution in [0.4, 0.5) is 0 Å². The van der Waals surface area contributed by atoms with Crippen LogP contribution < -0.4 is 5.32 Å². The maximum absolute atomic E-state index is 13.0. The first kappa shape index (κ1) is 16.7. The van der Waals surface area contributed by atoms with Gasteiger partial charge < -0.3 is 19.9 Å². The van der Waals surface area contributed by atoms with E-state index in [0.29, 0.717) is 25.7 Å². The van der Waals surface area contributed by atoms with Crippen LogP contribution in [0.25, 0.3) is 16.7 Å². The molecule has 0 aliphatic carbocycles. The number of ether oxygens (including phenoxy) is 1. The smallest absolute Gasteiger partial charge is 0.242 e. The van der Waals surface area contributed by atoms with Crippen molar-refractivity contribution in [3.63, 3.8) is 0 Å². The molecule has 8 nitrogen and oxygen atoms in total. The first-order chi connectivity index (χ1) is 13.2. The van der Waals surface area contributed by atoms with Crippen LogP contribution in [-0.2, 0) is 9.53 Å².